The van der Waals surface area contributed by atoms with Gasteiger partial charge in [0, 0.05) is 19.3 Å². The third-order valence-corrected chi connectivity index (χ3v) is 2.01. The van der Waals surface area contributed by atoms with Crippen LogP contribution in [0.3, 0.4) is 0 Å². The van der Waals surface area contributed by atoms with Gasteiger partial charge in [0.2, 0.25) is 0 Å². The minimum absolute atomic E-state index is 0.0908. The molecular formula is C8H13F3N2O2. The highest BCUT2D eigenvalue weighted by atomic mass is 19.4. The Balaban J connectivity index is 2.17. The molecule has 0 aromatic carbocycles. The van der Waals surface area contributed by atoms with Crippen molar-refractivity contribution in [1.29, 1.82) is 0 Å². The van der Waals surface area contributed by atoms with Gasteiger partial charge in [0.05, 0.1) is 0 Å². The van der Waals surface area contributed by atoms with Crippen LogP contribution in [0.4, 0.5) is 18.0 Å². The molecule has 2 amide bonds. The minimum atomic E-state index is -4.37. The zero-order chi connectivity index (χ0) is 11.3. The third kappa shape index (κ3) is 5.46. The summed E-state index contributed by atoms with van der Waals surface area (Å²) in [5.74, 6) is 0. The van der Waals surface area contributed by atoms with Gasteiger partial charge in [-0.3, -0.25) is 0 Å². The van der Waals surface area contributed by atoms with Crippen LogP contribution >= 0.6 is 0 Å². The summed E-state index contributed by atoms with van der Waals surface area (Å²) in [6.07, 6.45) is -3.09. The van der Waals surface area contributed by atoms with Crippen LogP contribution in [0.25, 0.3) is 0 Å². The Morgan fingerprint density at radius 2 is 1.93 bits per heavy atom. The number of ether oxygens (including phenoxy) is 1. The second-order valence-electron chi connectivity index (χ2n) is 3.33. The van der Waals surface area contributed by atoms with E-state index >= 15 is 0 Å². The van der Waals surface area contributed by atoms with Crippen molar-refractivity contribution in [3.8, 4) is 0 Å². The fraction of sp³-hybridized carbons (Fsp3) is 0.875. The Morgan fingerprint density at radius 3 is 2.47 bits per heavy atom. The van der Waals surface area contributed by atoms with E-state index in [0.29, 0.717) is 26.1 Å². The van der Waals surface area contributed by atoms with Crippen LogP contribution in [-0.2, 0) is 4.74 Å². The van der Waals surface area contributed by atoms with E-state index in [-0.39, 0.29) is 6.04 Å². The smallest absolute Gasteiger partial charge is 0.381 e. The number of hydrogen-bond acceptors (Lipinski definition) is 2. The largest absolute Gasteiger partial charge is 0.405 e. The number of hydrogen-bond donors (Lipinski definition) is 2. The number of nitrogens with one attached hydrogen (secondary N) is 2. The van der Waals surface area contributed by atoms with Crippen molar-refractivity contribution < 1.29 is 22.7 Å². The average molecular weight is 226 g/mol. The highest BCUT2D eigenvalue weighted by Gasteiger charge is 2.28. The lowest BCUT2D eigenvalue weighted by atomic mass is 10.1. The molecule has 88 valence electrons. The summed E-state index contributed by atoms with van der Waals surface area (Å²) in [6.45, 7) is -0.240. The lowest BCUT2D eigenvalue weighted by molar-refractivity contribution is -0.122. The van der Waals surface area contributed by atoms with Crippen molar-refractivity contribution in [1.82, 2.24) is 10.6 Å². The zero-order valence-corrected chi connectivity index (χ0v) is 8.06. The van der Waals surface area contributed by atoms with Crippen molar-refractivity contribution >= 4 is 6.03 Å². The standard InChI is InChI=1S/C8H13F3N2O2/c9-8(10,11)5-12-7(14)13-6-1-3-15-4-2-6/h6H,1-5H2,(H2,12,13,14). The van der Waals surface area contributed by atoms with Gasteiger partial charge >= 0.3 is 12.2 Å². The van der Waals surface area contributed by atoms with Gasteiger partial charge in [0.25, 0.3) is 0 Å². The first kappa shape index (κ1) is 12.1. The van der Waals surface area contributed by atoms with Crippen LogP contribution < -0.4 is 10.6 Å². The van der Waals surface area contributed by atoms with Crippen molar-refractivity contribution in [2.24, 2.45) is 0 Å². The Labute approximate surface area is 85.2 Å². The van der Waals surface area contributed by atoms with Crippen molar-refractivity contribution in [2.75, 3.05) is 19.8 Å². The lowest BCUT2D eigenvalue weighted by Crippen LogP contribution is -2.46. The van der Waals surface area contributed by atoms with Gasteiger partial charge in [-0.15, -0.1) is 0 Å². The molecule has 15 heavy (non-hydrogen) atoms. The molecular weight excluding hydrogens is 213 g/mol. The van der Waals surface area contributed by atoms with Crippen molar-refractivity contribution in [2.45, 2.75) is 25.1 Å². The number of carbonyl (C=O) groups excluding carboxylic acids is 1. The highest BCUT2D eigenvalue weighted by Crippen LogP contribution is 2.12. The molecule has 1 rings (SSSR count). The number of halogens is 3. The van der Waals surface area contributed by atoms with Crippen LogP contribution in [0.5, 0.6) is 0 Å². The fourth-order valence-corrected chi connectivity index (χ4v) is 1.26. The molecule has 0 aromatic heterocycles. The van der Waals surface area contributed by atoms with Crippen LogP contribution in [0.1, 0.15) is 12.8 Å². The molecule has 0 spiro atoms. The molecule has 0 saturated carbocycles. The van der Waals surface area contributed by atoms with Crippen LogP contribution in [-0.4, -0.2) is 38.0 Å². The maximum atomic E-state index is 11.7. The summed E-state index contributed by atoms with van der Waals surface area (Å²) in [4.78, 5) is 11.0. The maximum Gasteiger partial charge on any atom is 0.405 e. The van der Waals surface area contributed by atoms with Crippen LogP contribution in [0, 0.1) is 0 Å². The monoisotopic (exact) mass is 226 g/mol. The lowest BCUT2D eigenvalue weighted by Gasteiger charge is -2.23. The molecule has 1 fully saturated rings. The van der Waals surface area contributed by atoms with E-state index in [2.05, 4.69) is 5.32 Å². The van der Waals surface area contributed by atoms with E-state index in [1.165, 1.54) is 0 Å². The fourth-order valence-electron chi connectivity index (χ4n) is 1.26. The van der Waals surface area contributed by atoms with E-state index in [9.17, 15) is 18.0 Å². The number of amides is 2. The zero-order valence-electron chi connectivity index (χ0n) is 8.06. The van der Waals surface area contributed by atoms with Gasteiger partial charge in [0.15, 0.2) is 0 Å². The molecule has 0 aromatic rings. The van der Waals surface area contributed by atoms with E-state index in [4.69, 9.17) is 4.74 Å². The van der Waals surface area contributed by atoms with Gasteiger partial charge in [-0.05, 0) is 12.8 Å². The average Bonchev–Trinajstić information content (AvgIpc) is 2.15. The van der Waals surface area contributed by atoms with E-state index < -0.39 is 18.8 Å². The molecule has 1 aliphatic rings. The summed E-state index contributed by atoms with van der Waals surface area (Å²) in [5, 5.41) is 4.22. The van der Waals surface area contributed by atoms with E-state index in [1.54, 1.807) is 5.32 Å². The molecule has 1 aliphatic heterocycles. The molecule has 7 heteroatoms. The Morgan fingerprint density at radius 1 is 1.33 bits per heavy atom. The third-order valence-electron chi connectivity index (χ3n) is 2.01. The number of rotatable bonds is 2. The molecule has 0 radical (unpaired) electrons. The quantitative estimate of drug-likeness (QED) is 0.738. The minimum Gasteiger partial charge on any atom is -0.381 e. The SMILES string of the molecule is O=C(NCC(F)(F)F)NC1CCOCC1. The van der Waals surface area contributed by atoms with Crippen molar-refractivity contribution in [3.05, 3.63) is 0 Å². The molecule has 4 nitrogen and oxygen atoms in total. The number of carbonyl (C=O) groups is 1. The summed E-state index contributed by atoms with van der Waals surface area (Å²) < 4.78 is 40.2. The van der Waals surface area contributed by atoms with Crippen LogP contribution in [0.15, 0.2) is 0 Å². The summed E-state index contributed by atoms with van der Waals surface area (Å²) >= 11 is 0. The first-order valence-corrected chi connectivity index (χ1v) is 4.66. The van der Waals surface area contributed by atoms with Crippen molar-refractivity contribution in [3.63, 3.8) is 0 Å². The molecule has 0 aliphatic carbocycles. The second-order valence-corrected chi connectivity index (χ2v) is 3.33. The Bertz CT molecular complexity index is 214. The topological polar surface area (TPSA) is 50.4 Å². The summed E-state index contributed by atoms with van der Waals surface area (Å²) in [6, 6.07) is -0.869. The molecule has 0 unspecified atom stereocenters. The predicted molar refractivity (Wildman–Crippen MR) is 46.4 cm³/mol. The molecule has 1 saturated heterocycles. The predicted octanol–water partition coefficient (Wildman–Crippen LogP) is 1.03. The van der Waals surface area contributed by atoms with Gasteiger partial charge in [0.1, 0.15) is 6.54 Å². The van der Waals surface area contributed by atoms with Gasteiger partial charge < -0.3 is 15.4 Å². The maximum absolute atomic E-state index is 11.7. The molecule has 0 atom stereocenters. The number of alkyl halides is 3. The summed E-state index contributed by atoms with van der Waals surface area (Å²) in [7, 11) is 0. The van der Waals surface area contributed by atoms with Gasteiger partial charge in [-0.1, -0.05) is 0 Å². The van der Waals surface area contributed by atoms with E-state index in [1.807, 2.05) is 0 Å². The molecule has 0 bridgehead atoms. The van der Waals surface area contributed by atoms with Gasteiger partial charge in [-0.2, -0.15) is 13.2 Å². The molecule has 2 N–H and O–H groups in total. The summed E-state index contributed by atoms with van der Waals surface area (Å²) in [5.41, 5.74) is 0. The highest BCUT2D eigenvalue weighted by molar-refractivity contribution is 5.74. The van der Waals surface area contributed by atoms with Gasteiger partial charge in [-0.25, -0.2) is 4.79 Å². The second kappa shape index (κ2) is 5.20. The normalized spacial score (nSPS) is 18.6. The number of urea groups is 1. The van der Waals surface area contributed by atoms with Crippen LogP contribution in [0.2, 0.25) is 0 Å². The Kier molecular flexibility index (Phi) is 4.19. The van der Waals surface area contributed by atoms with E-state index in [0.717, 1.165) is 0 Å². The Hall–Kier alpha value is -0.980. The first-order chi connectivity index (χ1) is 6.97. The first-order valence-electron chi connectivity index (χ1n) is 4.66. The molecule has 1 heterocycles.